The van der Waals surface area contributed by atoms with Crippen LogP contribution in [0.3, 0.4) is 0 Å². The van der Waals surface area contributed by atoms with Crippen LogP contribution in [0.2, 0.25) is 0 Å². The molecule has 0 radical (unpaired) electrons. The molecule has 3 unspecified atom stereocenters. The van der Waals surface area contributed by atoms with E-state index < -0.39 is 24.2 Å². The third kappa shape index (κ3) is 3.03. The Morgan fingerprint density at radius 1 is 1.46 bits per heavy atom. The number of piperidine rings is 1. The molecule has 0 spiro atoms. The number of aliphatic hydroxyl groups excluding tert-OH is 3. The zero-order valence-electron chi connectivity index (χ0n) is 7.05. The second kappa shape index (κ2) is 5.54. The Morgan fingerprint density at radius 2 is 2.00 bits per heavy atom. The summed E-state index contributed by atoms with van der Waals surface area (Å²) in [6.07, 6.45) is 5.79. The second-order valence-corrected chi connectivity index (χ2v) is 2.64. The molecule has 3 atom stereocenters. The molecule has 0 aromatic rings. The Bertz CT molecular complexity index is 192. The molecule has 1 saturated heterocycles. The van der Waals surface area contributed by atoms with Crippen LogP contribution in [0.15, 0.2) is 0 Å². The predicted octanol–water partition coefficient (Wildman–Crippen LogP) is -2.16. The van der Waals surface area contributed by atoms with Crippen molar-refractivity contribution >= 4 is 5.91 Å². The number of aliphatic hydroxyl groups is 3. The molecule has 0 aliphatic carbocycles. The maximum Gasteiger partial charge on any atom is 0.251 e. The van der Waals surface area contributed by atoms with Crippen molar-refractivity contribution in [1.29, 1.82) is 0 Å². The Kier molecular flexibility index (Phi) is 5.07. The number of terminal acetylenes is 1. The lowest BCUT2D eigenvalue weighted by molar-refractivity contribution is -0.141. The normalized spacial score (nSPS) is 32.7. The van der Waals surface area contributed by atoms with Gasteiger partial charge in [0, 0.05) is 0 Å². The van der Waals surface area contributed by atoms with E-state index in [2.05, 4.69) is 18.2 Å². The number of carbonyl (C=O) groups excluding carboxylic acids is 1. The molecule has 1 rings (SSSR count). The van der Waals surface area contributed by atoms with Crippen LogP contribution in [0.5, 0.6) is 0 Å². The largest absolute Gasteiger partial charge is 0.394 e. The monoisotopic (exact) mass is 187 g/mol. The van der Waals surface area contributed by atoms with E-state index in [4.69, 9.17) is 15.3 Å². The van der Waals surface area contributed by atoms with Crippen LogP contribution < -0.4 is 5.32 Å². The number of nitrogens with one attached hydrogen (secondary N) is 1. The van der Waals surface area contributed by atoms with E-state index >= 15 is 0 Å². The number of hydrogen-bond donors (Lipinski definition) is 4. The van der Waals surface area contributed by atoms with Gasteiger partial charge in [-0.2, -0.15) is 0 Å². The Labute approximate surface area is 76.4 Å². The van der Waals surface area contributed by atoms with Crippen molar-refractivity contribution in [3.63, 3.8) is 0 Å². The number of rotatable bonds is 1. The van der Waals surface area contributed by atoms with Gasteiger partial charge in [-0.3, -0.25) is 4.79 Å². The lowest BCUT2D eigenvalue weighted by atomic mass is 10.00. The molecule has 0 aromatic carbocycles. The minimum Gasteiger partial charge on any atom is -0.394 e. The zero-order valence-corrected chi connectivity index (χ0v) is 7.05. The van der Waals surface area contributed by atoms with Crippen molar-refractivity contribution in [2.45, 2.75) is 24.7 Å². The molecule has 1 heterocycles. The van der Waals surface area contributed by atoms with Crippen LogP contribution in [0, 0.1) is 12.8 Å². The molecule has 0 aromatic heterocycles. The lowest BCUT2D eigenvalue weighted by Crippen LogP contribution is -2.55. The van der Waals surface area contributed by atoms with Gasteiger partial charge in [-0.25, -0.2) is 0 Å². The minimum absolute atomic E-state index is 0.198. The third-order valence-electron chi connectivity index (χ3n) is 1.73. The first-order valence-corrected chi connectivity index (χ1v) is 3.76. The highest BCUT2D eigenvalue weighted by molar-refractivity contribution is 5.82. The Hall–Kier alpha value is -1.09. The molecule has 1 aliphatic rings. The first kappa shape index (κ1) is 11.9. The number of amides is 1. The minimum atomic E-state index is -1.35. The van der Waals surface area contributed by atoms with Gasteiger partial charge < -0.3 is 20.6 Å². The molecule has 74 valence electrons. The van der Waals surface area contributed by atoms with Crippen molar-refractivity contribution in [3.8, 4) is 12.8 Å². The fraction of sp³-hybridized carbons (Fsp3) is 0.625. The average Bonchev–Trinajstić information content (AvgIpc) is 2.16. The highest BCUT2D eigenvalue weighted by Crippen LogP contribution is 2.09. The van der Waals surface area contributed by atoms with Crippen LogP contribution in [0.4, 0.5) is 0 Å². The summed E-state index contributed by atoms with van der Waals surface area (Å²) in [6.45, 7) is -0.213. The molecule has 0 bridgehead atoms. The highest BCUT2D eigenvalue weighted by Gasteiger charge is 2.33. The summed E-state index contributed by atoms with van der Waals surface area (Å²) in [5, 5.41) is 28.9. The highest BCUT2D eigenvalue weighted by atomic mass is 16.3. The van der Waals surface area contributed by atoms with Gasteiger partial charge in [-0.05, 0) is 6.42 Å². The van der Waals surface area contributed by atoms with Gasteiger partial charge in [-0.15, -0.1) is 12.8 Å². The summed E-state index contributed by atoms with van der Waals surface area (Å²) in [7, 11) is 0. The van der Waals surface area contributed by atoms with Crippen molar-refractivity contribution < 1.29 is 20.1 Å². The summed E-state index contributed by atoms with van der Waals surface area (Å²) >= 11 is 0. The topological polar surface area (TPSA) is 89.8 Å². The standard InChI is InChI=1S/C6H11NO4.C2H2/c8-2-3-1-4(9)5(10)6(11)7-3;1-2/h3-5,8-10H,1-2H2,(H,7,11);1-2H. The maximum atomic E-state index is 10.7. The van der Waals surface area contributed by atoms with E-state index in [1.54, 1.807) is 0 Å². The predicted molar refractivity (Wildman–Crippen MR) is 45.5 cm³/mol. The van der Waals surface area contributed by atoms with Gasteiger partial charge in [0.25, 0.3) is 5.91 Å². The first-order valence-electron chi connectivity index (χ1n) is 3.76. The SMILES string of the molecule is C#C.O=C1NC(CO)CC(O)C1O. The summed E-state index contributed by atoms with van der Waals surface area (Å²) in [5.41, 5.74) is 0. The van der Waals surface area contributed by atoms with Crippen LogP contribution in [-0.4, -0.2) is 46.1 Å². The van der Waals surface area contributed by atoms with Crippen molar-refractivity contribution in [2.75, 3.05) is 6.61 Å². The average molecular weight is 187 g/mol. The zero-order chi connectivity index (χ0) is 10.4. The van der Waals surface area contributed by atoms with Gasteiger partial charge in [0.1, 0.15) is 0 Å². The van der Waals surface area contributed by atoms with Gasteiger partial charge in [0.2, 0.25) is 0 Å². The molecule has 1 aliphatic heterocycles. The smallest absolute Gasteiger partial charge is 0.251 e. The van der Waals surface area contributed by atoms with Crippen LogP contribution in [0.1, 0.15) is 6.42 Å². The summed E-state index contributed by atoms with van der Waals surface area (Å²) < 4.78 is 0. The third-order valence-corrected chi connectivity index (χ3v) is 1.73. The fourth-order valence-corrected chi connectivity index (χ4v) is 1.06. The van der Waals surface area contributed by atoms with Gasteiger partial charge in [0.15, 0.2) is 6.10 Å². The second-order valence-electron chi connectivity index (χ2n) is 2.64. The van der Waals surface area contributed by atoms with Crippen LogP contribution in [-0.2, 0) is 4.79 Å². The first-order chi connectivity index (χ1) is 6.15. The summed E-state index contributed by atoms with van der Waals surface area (Å²) in [4.78, 5) is 10.7. The van der Waals surface area contributed by atoms with E-state index in [-0.39, 0.29) is 13.0 Å². The van der Waals surface area contributed by atoms with E-state index in [0.717, 1.165) is 0 Å². The molecule has 4 N–H and O–H groups in total. The number of carbonyl (C=O) groups is 1. The lowest BCUT2D eigenvalue weighted by Gasteiger charge is -2.29. The van der Waals surface area contributed by atoms with Crippen LogP contribution >= 0.6 is 0 Å². The van der Waals surface area contributed by atoms with E-state index in [9.17, 15) is 4.79 Å². The number of hydrogen-bond acceptors (Lipinski definition) is 4. The quantitative estimate of drug-likeness (QED) is 0.352. The molecule has 0 saturated carbocycles. The van der Waals surface area contributed by atoms with Gasteiger partial charge in [-0.1, -0.05) is 0 Å². The molecule has 5 heteroatoms. The van der Waals surface area contributed by atoms with Crippen molar-refractivity contribution in [2.24, 2.45) is 0 Å². The Morgan fingerprint density at radius 3 is 2.38 bits per heavy atom. The van der Waals surface area contributed by atoms with E-state index in [1.807, 2.05) is 0 Å². The van der Waals surface area contributed by atoms with Gasteiger partial charge in [0.05, 0.1) is 18.8 Å². The van der Waals surface area contributed by atoms with Crippen molar-refractivity contribution in [3.05, 3.63) is 0 Å². The summed E-state index contributed by atoms with van der Waals surface area (Å²) in [6, 6.07) is -0.430. The van der Waals surface area contributed by atoms with E-state index in [1.165, 1.54) is 0 Å². The molecule has 1 amide bonds. The van der Waals surface area contributed by atoms with E-state index in [0.29, 0.717) is 0 Å². The molecule has 13 heavy (non-hydrogen) atoms. The fourth-order valence-electron chi connectivity index (χ4n) is 1.06. The molecular weight excluding hydrogens is 174 g/mol. The maximum absolute atomic E-state index is 10.7. The Balaban J connectivity index is 0.000000671. The molecule has 1 fully saturated rings. The van der Waals surface area contributed by atoms with Crippen LogP contribution in [0.25, 0.3) is 0 Å². The summed E-state index contributed by atoms with van der Waals surface area (Å²) in [5.74, 6) is -0.622. The molecule has 5 nitrogen and oxygen atoms in total. The molecular formula is C8H13NO4. The van der Waals surface area contributed by atoms with Crippen molar-refractivity contribution in [1.82, 2.24) is 5.32 Å². The van der Waals surface area contributed by atoms with Gasteiger partial charge >= 0.3 is 0 Å².